The predicted octanol–water partition coefficient (Wildman–Crippen LogP) is 4.09. The van der Waals surface area contributed by atoms with Crippen LogP contribution in [-0.2, 0) is 44.7 Å². The fraction of sp³-hybridized carbons (Fsp3) is 0.588. The lowest BCUT2D eigenvalue weighted by Gasteiger charge is -2.38. The lowest BCUT2D eigenvalue weighted by Crippen LogP contribution is -2.60. The number of benzene rings is 2. The molecule has 3 fully saturated rings. The summed E-state index contributed by atoms with van der Waals surface area (Å²) in [6.07, 6.45) is 6.58. The molecule has 7 atom stereocenters. The van der Waals surface area contributed by atoms with Crippen molar-refractivity contribution in [3.8, 4) is 0 Å². The van der Waals surface area contributed by atoms with Crippen LogP contribution in [0.1, 0.15) is 129 Å². The van der Waals surface area contributed by atoms with Gasteiger partial charge in [0, 0.05) is 43.4 Å². The van der Waals surface area contributed by atoms with Crippen LogP contribution in [0.15, 0.2) is 42.5 Å². The first-order valence-electron chi connectivity index (χ1n) is 24.7. The summed E-state index contributed by atoms with van der Waals surface area (Å²) in [5.41, 5.74) is 3.28. The molecule has 3 heterocycles. The summed E-state index contributed by atoms with van der Waals surface area (Å²) in [4.78, 5) is 119. The number of aryl methyl sites for hydroxylation is 3. The number of carbonyl (C=O) groups excluding carboxylic acids is 8. The highest BCUT2D eigenvalue weighted by Gasteiger charge is 2.43. The molecule has 3 saturated heterocycles. The van der Waals surface area contributed by atoms with Crippen LogP contribution in [0, 0.1) is 20.8 Å². The van der Waals surface area contributed by atoms with E-state index in [2.05, 4.69) is 31.9 Å². The number of esters is 1. The molecule has 0 bridgehead atoms. The molecule has 0 aromatic heterocycles. The number of carbonyl (C=O) groups is 9. The number of nitrogens with zero attached hydrogens (tertiary/aromatic N) is 1. The summed E-state index contributed by atoms with van der Waals surface area (Å²) in [6, 6.07) is 8.15. The lowest BCUT2D eigenvalue weighted by atomic mass is 9.97. The van der Waals surface area contributed by atoms with Gasteiger partial charge in [-0.15, -0.1) is 0 Å². The zero-order valence-corrected chi connectivity index (χ0v) is 41.7. The minimum absolute atomic E-state index is 0.0148. The summed E-state index contributed by atoms with van der Waals surface area (Å²) in [5, 5.41) is 27.2. The Balaban J connectivity index is 1.12. The summed E-state index contributed by atoms with van der Waals surface area (Å²) in [6.45, 7) is 7.10. The predicted molar refractivity (Wildman–Crippen MR) is 264 cm³/mol. The Morgan fingerprint density at radius 1 is 0.829 bits per heavy atom. The molecule has 7 amide bonds. The first-order valence-corrected chi connectivity index (χ1v) is 25.8. The Bertz CT molecular complexity index is 2170. The van der Waals surface area contributed by atoms with Crippen molar-refractivity contribution >= 4 is 65.1 Å². The van der Waals surface area contributed by atoms with E-state index in [1.54, 1.807) is 32.0 Å². The topological polar surface area (TPSA) is 259 Å². The van der Waals surface area contributed by atoms with E-state index in [4.69, 9.17) is 4.74 Å². The van der Waals surface area contributed by atoms with E-state index >= 15 is 0 Å². The molecular formula is C51H71N7O11S. The number of thioether (sulfide) groups is 1. The maximum absolute atomic E-state index is 14.6. The summed E-state index contributed by atoms with van der Waals surface area (Å²) < 4.78 is 5.28. The van der Waals surface area contributed by atoms with E-state index in [1.807, 2.05) is 49.9 Å². The van der Waals surface area contributed by atoms with Gasteiger partial charge in [0.15, 0.2) is 12.4 Å². The summed E-state index contributed by atoms with van der Waals surface area (Å²) in [7, 11) is 0. The highest BCUT2D eigenvalue weighted by atomic mass is 32.2. The molecule has 2 aromatic rings. The van der Waals surface area contributed by atoms with Gasteiger partial charge in [-0.2, -0.15) is 11.8 Å². The molecule has 0 aliphatic carbocycles. The van der Waals surface area contributed by atoms with E-state index in [-0.39, 0.29) is 61.3 Å². The number of hydrogen-bond acceptors (Lipinski definition) is 11. The number of hydrogen-bond donors (Lipinski definition) is 7. The zero-order valence-electron chi connectivity index (χ0n) is 40.9. The van der Waals surface area contributed by atoms with Crippen molar-refractivity contribution in [2.45, 2.75) is 166 Å². The van der Waals surface area contributed by atoms with Crippen LogP contribution in [0.4, 0.5) is 4.79 Å². The minimum Gasteiger partial charge on any atom is -0.481 e. The third-order valence-corrected chi connectivity index (χ3v) is 14.6. The molecule has 70 heavy (non-hydrogen) atoms. The van der Waals surface area contributed by atoms with Crippen molar-refractivity contribution in [1.29, 1.82) is 0 Å². The van der Waals surface area contributed by atoms with Crippen molar-refractivity contribution < 1.29 is 53.0 Å². The lowest BCUT2D eigenvalue weighted by molar-refractivity contribution is -0.146. The summed E-state index contributed by atoms with van der Waals surface area (Å²) >= 11 is 1.86. The number of ether oxygens (including phenoxy) is 1. The van der Waals surface area contributed by atoms with Gasteiger partial charge in [-0.3, -0.25) is 33.6 Å². The van der Waals surface area contributed by atoms with Crippen LogP contribution in [0.25, 0.3) is 0 Å². The number of rotatable bonds is 27. The number of unbranched alkanes of at least 4 members (excludes halogenated alkanes) is 3. The van der Waals surface area contributed by atoms with Crippen LogP contribution in [0.2, 0.25) is 0 Å². The van der Waals surface area contributed by atoms with E-state index in [9.17, 15) is 48.3 Å². The number of piperidine rings is 1. The van der Waals surface area contributed by atoms with Crippen LogP contribution < -0.4 is 31.9 Å². The van der Waals surface area contributed by atoms with Crippen LogP contribution in [-0.4, -0.2) is 130 Å². The van der Waals surface area contributed by atoms with Crippen molar-refractivity contribution in [3.63, 3.8) is 0 Å². The second kappa shape index (κ2) is 27.4. The van der Waals surface area contributed by atoms with Crippen molar-refractivity contribution in [3.05, 3.63) is 70.3 Å². The zero-order chi connectivity index (χ0) is 50.7. The molecule has 0 spiro atoms. The first-order chi connectivity index (χ1) is 33.5. The average molecular weight is 990 g/mol. The molecule has 4 unspecified atom stereocenters. The minimum atomic E-state index is -1.56. The van der Waals surface area contributed by atoms with E-state index in [1.165, 1.54) is 4.90 Å². The van der Waals surface area contributed by atoms with Crippen LogP contribution in [0.5, 0.6) is 0 Å². The number of urea groups is 1. The Hall–Kier alpha value is -5.98. The molecule has 382 valence electrons. The smallest absolute Gasteiger partial charge is 0.339 e. The molecule has 3 aliphatic heterocycles. The van der Waals surface area contributed by atoms with Gasteiger partial charge < -0.3 is 46.6 Å². The number of Topliss-reactive ketones (excluding diaryl/α,β-unsaturated/α-hetero) is 1. The molecular weight excluding hydrogens is 919 g/mol. The number of aliphatic carboxylic acids is 1. The number of nitrogens with one attached hydrogen (secondary N) is 6. The number of carboxylic acid groups (broad SMARTS) is 1. The number of ketones is 1. The first kappa shape index (κ1) is 55.0. The monoisotopic (exact) mass is 989 g/mol. The Kier molecular flexibility index (Phi) is 21.5. The molecule has 18 nitrogen and oxygen atoms in total. The van der Waals surface area contributed by atoms with Gasteiger partial charge in [-0.25, -0.2) is 9.59 Å². The van der Waals surface area contributed by atoms with Gasteiger partial charge in [0.25, 0.3) is 0 Å². The Morgan fingerprint density at radius 3 is 2.26 bits per heavy atom. The van der Waals surface area contributed by atoms with Gasteiger partial charge in [-0.05, 0) is 88.8 Å². The van der Waals surface area contributed by atoms with Gasteiger partial charge in [-0.1, -0.05) is 74.2 Å². The molecule has 0 radical (unpaired) electrons. The fourth-order valence-corrected chi connectivity index (χ4v) is 10.8. The number of amides is 7. The highest BCUT2D eigenvalue weighted by Crippen LogP contribution is 2.33. The molecule has 7 N–H and O–H groups in total. The standard InChI is InChI=1S/C51H71N7O11S/c1-5-14-35(53-43(61)20-7-6-11-25-52-42(60)19-9-8-18-41-46-38(30-70-41)56-51(68)57-46)47(64)55-37(27-34-23-21-31(2)22-24-34)49(66)58-26-12-10-17-39(58)48(65)54-36(28-44(62)63)40(59)29-69-50(67)45-32(3)15-13-16-33(45)4/h13,15-16,21-24,35-39,41,46H,5-12,14,17-20,25-30H2,1-4H3,(H,52,60)(H,53,61)(H,54,65)(H,55,64)(H,62,63)(H2,56,57,68)/t35?,36-,37-,38?,39+,41?,46?/m0/s1. The third-order valence-electron chi connectivity index (χ3n) is 13.1. The third kappa shape index (κ3) is 16.6. The highest BCUT2D eigenvalue weighted by molar-refractivity contribution is 8.00. The maximum atomic E-state index is 14.6. The number of likely N-dealkylation sites (tertiary alicyclic amines) is 1. The largest absolute Gasteiger partial charge is 0.481 e. The second-order valence-corrected chi connectivity index (χ2v) is 20.0. The molecule has 2 aromatic carbocycles. The maximum Gasteiger partial charge on any atom is 0.339 e. The van der Waals surface area contributed by atoms with Gasteiger partial charge >= 0.3 is 18.0 Å². The van der Waals surface area contributed by atoms with E-state index in [0.717, 1.165) is 36.1 Å². The van der Waals surface area contributed by atoms with Crippen molar-refractivity contribution in [2.75, 3.05) is 25.4 Å². The fourth-order valence-electron chi connectivity index (χ4n) is 9.24. The Morgan fingerprint density at radius 2 is 1.54 bits per heavy atom. The molecule has 5 rings (SSSR count). The SMILES string of the molecule is CCCC(NC(=O)CCCCCNC(=O)CCCCC1SCC2NC(=O)NC21)C(=O)N[C@@H](Cc1ccc(C)cc1)C(=O)N1CCCC[C@@H]1C(=O)N[C@@H](CC(=O)O)C(=O)COC(=O)c1c(C)cccc1C. The van der Waals surface area contributed by atoms with Gasteiger partial charge in [0.05, 0.1) is 24.1 Å². The van der Waals surface area contributed by atoms with Crippen molar-refractivity contribution in [2.24, 2.45) is 0 Å². The molecule has 19 heteroatoms. The summed E-state index contributed by atoms with van der Waals surface area (Å²) in [5.74, 6) is -4.26. The second-order valence-electron chi connectivity index (χ2n) is 18.7. The number of carboxylic acids is 1. The van der Waals surface area contributed by atoms with Crippen LogP contribution in [0.3, 0.4) is 0 Å². The average Bonchev–Trinajstić information content (AvgIpc) is 3.89. The van der Waals surface area contributed by atoms with E-state index in [0.29, 0.717) is 74.3 Å². The molecule has 0 saturated carbocycles. The van der Waals surface area contributed by atoms with Crippen molar-refractivity contribution in [1.82, 2.24) is 36.8 Å². The van der Waals surface area contributed by atoms with E-state index < -0.39 is 72.6 Å². The quantitative estimate of drug-likeness (QED) is 0.0380. The van der Waals surface area contributed by atoms with Gasteiger partial charge in [0.1, 0.15) is 24.2 Å². The molecule has 3 aliphatic rings. The number of fused-ring (bicyclic) bond motifs is 1. The van der Waals surface area contributed by atoms with Crippen LogP contribution >= 0.6 is 11.8 Å². The Labute approximate surface area is 414 Å². The van der Waals surface area contributed by atoms with Gasteiger partial charge in [0.2, 0.25) is 29.5 Å². The normalized spacial score (nSPS) is 19.6.